The highest BCUT2D eigenvalue weighted by atomic mass is 35.5. The molecule has 9 heteroatoms. The Balaban J connectivity index is 2.18. The third kappa shape index (κ3) is 8.85. The molecule has 0 aliphatic rings. The number of halogens is 1. The molecule has 35 heavy (non-hydrogen) atoms. The van der Waals surface area contributed by atoms with Gasteiger partial charge in [0, 0.05) is 30.6 Å². The van der Waals surface area contributed by atoms with E-state index in [9.17, 15) is 18.0 Å². The molecule has 0 aliphatic carbocycles. The summed E-state index contributed by atoms with van der Waals surface area (Å²) in [4.78, 5) is 28.0. The number of sulfonamides is 1. The fourth-order valence-corrected chi connectivity index (χ4v) is 4.84. The van der Waals surface area contributed by atoms with Crippen molar-refractivity contribution in [3.05, 3.63) is 65.2 Å². The van der Waals surface area contributed by atoms with Gasteiger partial charge in [0.15, 0.2) is 0 Å². The summed E-state index contributed by atoms with van der Waals surface area (Å²) < 4.78 is 26.0. The van der Waals surface area contributed by atoms with Gasteiger partial charge in [0.25, 0.3) is 0 Å². The molecular weight excluding hydrogens is 486 g/mol. The lowest BCUT2D eigenvalue weighted by atomic mass is 10.1. The van der Waals surface area contributed by atoms with Gasteiger partial charge < -0.3 is 10.2 Å². The number of nitrogens with zero attached hydrogens (tertiary/aromatic N) is 2. The summed E-state index contributed by atoms with van der Waals surface area (Å²) in [5.74, 6) is -0.366. The third-order valence-corrected chi connectivity index (χ3v) is 7.30. The molecule has 0 fully saturated rings. The SMILES string of the molecule is CC[C@H](C(=O)N[C@@H](C)CC)N(Cc1ccccc1)C(=O)CCCN(c1ccc(Cl)cc1)S(C)(=O)=O. The molecule has 2 rings (SSSR count). The number of hydrogen-bond acceptors (Lipinski definition) is 4. The second kappa shape index (κ2) is 13.5. The van der Waals surface area contributed by atoms with E-state index >= 15 is 0 Å². The summed E-state index contributed by atoms with van der Waals surface area (Å²) in [6, 6.07) is 15.5. The van der Waals surface area contributed by atoms with E-state index in [1.165, 1.54) is 4.31 Å². The maximum atomic E-state index is 13.4. The number of anilines is 1. The van der Waals surface area contributed by atoms with E-state index in [2.05, 4.69) is 5.32 Å². The van der Waals surface area contributed by atoms with Gasteiger partial charge in [-0.3, -0.25) is 13.9 Å². The van der Waals surface area contributed by atoms with Gasteiger partial charge in [0.1, 0.15) is 6.04 Å². The maximum Gasteiger partial charge on any atom is 0.243 e. The van der Waals surface area contributed by atoms with E-state index in [0.717, 1.165) is 18.2 Å². The normalized spacial score (nSPS) is 13.1. The van der Waals surface area contributed by atoms with Crippen LogP contribution in [0.4, 0.5) is 5.69 Å². The van der Waals surface area contributed by atoms with Crippen LogP contribution in [-0.4, -0.2) is 50.0 Å². The standard InChI is InChI=1S/C26H36ClN3O4S/c1-5-20(3)28-26(32)24(6-2)29(19-21-11-8-7-9-12-21)25(31)13-10-18-30(35(4,33)34)23-16-14-22(27)15-17-23/h7-9,11-12,14-17,20,24H,5-6,10,13,18-19H2,1-4H3,(H,28,32)/t20-,24+/m0/s1. The molecule has 2 aromatic carbocycles. The molecule has 0 saturated heterocycles. The number of carbonyl (C=O) groups excluding carboxylic acids is 2. The predicted octanol–water partition coefficient (Wildman–Crippen LogP) is 4.61. The Kier molecular flexibility index (Phi) is 11.0. The quantitative estimate of drug-likeness (QED) is 0.417. The van der Waals surface area contributed by atoms with Gasteiger partial charge in [-0.1, -0.05) is 55.8 Å². The molecule has 0 spiro atoms. The molecule has 7 nitrogen and oxygen atoms in total. The molecule has 0 bridgehead atoms. The lowest BCUT2D eigenvalue weighted by Gasteiger charge is -2.32. The monoisotopic (exact) mass is 521 g/mol. The molecule has 0 radical (unpaired) electrons. The molecule has 0 aliphatic heterocycles. The second-order valence-corrected chi connectivity index (χ2v) is 11.0. The van der Waals surface area contributed by atoms with E-state index < -0.39 is 16.1 Å². The lowest BCUT2D eigenvalue weighted by molar-refractivity contribution is -0.141. The smallest absolute Gasteiger partial charge is 0.243 e. The van der Waals surface area contributed by atoms with Crippen molar-refractivity contribution in [2.24, 2.45) is 0 Å². The first-order chi connectivity index (χ1) is 16.6. The summed E-state index contributed by atoms with van der Waals surface area (Å²) in [6.07, 6.45) is 2.82. The van der Waals surface area contributed by atoms with Gasteiger partial charge in [-0.25, -0.2) is 8.42 Å². The highest BCUT2D eigenvalue weighted by Crippen LogP contribution is 2.22. The Morgan fingerprint density at radius 1 is 1.00 bits per heavy atom. The van der Waals surface area contributed by atoms with Gasteiger partial charge in [-0.15, -0.1) is 0 Å². The van der Waals surface area contributed by atoms with Crippen molar-refractivity contribution >= 4 is 39.1 Å². The van der Waals surface area contributed by atoms with Crippen molar-refractivity contribution in [3.8, 4) is 0 Å². The van der Waals surface area contributed by atoms with Crippen molar-refractivity contribution in [2.45, 2.75) is 65.1 Å². The zero-order chi connectivity index (χ0) is 26.0. The van der Waals surface area contributed by atoms with E-state index in [0.29, 0.717) is 30.1 Å². The number of hydrogen-bond donors (Lipinski definition) is 1. The molecule has 192 valence electrons. The summed E-state index contributed by atoms with van der Waals surface area (Å²) in [7, 11) is -3.55. The van der Waals surface area contributed by atoms with Crippen LogP contribution < -0.4 is 9.62 Å². The Bertz CT molecular complexity index is 1060. The molecular formula is C26H36ClN3O4S. The van der Waals surface area contributed by atoms with Gasteiger partial charge in [-0.05, 0) is 56.0 Å². The van der Waals surface area contributed by atoms with Crippen molar-refractivity contribution in [3.63, 3.8) is 0 Å². The van der Waals surface area contributed by atoms with Crippen molar-refractivity contribution in [1.29, 1.82) is 0 Å². The van der Waals surface area contributed by atoms with Gasteiger partial charge >= 0.3 is 0 Å². The van der Waals surface area contributed by atoms with Gasteiger partial charge in [0.2, 0.25) is 21.8 Å². The highest BCUT2D eigenvalue weighted by molar-refractivity contribution is 7.92. The Labute approximate surface area is 214 Å². The zero-order valence-electron chi connectivity index (χ0n) is 20.9. The number of benzene rings is 2. The van der Waals surface area contributed by atoms with Crippen LogP contribution in [0.15, 0.2) is 54.6 Å². The van der Waals surface area contributed by atoms with Crippen molar-refractivity contribution < 1.29 is 18.0 Å². The molecule has 1 N–H and O–H groups in total. The molecule has 0 saturated carbocycles. The van der Waals surface area contributed by atoms with E-state index in [1.54, 1.807) is 29.2 Å². The average molecular weight is 522 g/mol. The Hall–Kier alpha value is -2.58. The van der Waals surface area contributed by atoms with Crippen LogP contribution in [0.2, 0.25) is 5.02 Å². The largest absolute Gasteiger partial charge is 0.352 e. The molecule has 0 aromatic heterocycles. The number of nitrogens with one attached hydrogen (secondary N) is 1. The summed E-state index contributed by atoms with van der Waals surface area (Å²) in [5, 5.41) is 3.50. The summed E-state index contributed by atoms with van der Waals surface area (Å²) in [5.41, 5.74) is 1.42. The zero-order valence-corrected chi connectivity index (χ0v) is 22.5. The number of amides is 2. The summed E-state index contributed by atoms with van der Waals surface area (Å²) >= 11 is 5.94. The minimum absolute atomic E-state index is 0.00734. The van der Waals surface area contributed by atoms with Crippen molar-refractivity contribution in [2.75, 3.05) is 17.1 Å². The van der Waals surface area contributed by atoms with Crippen LogP contribution in [-0.2, 0) is 26.2 Å². The second-order valence-electron chi connectivity index (χ2n) is 8.66. The summed E-state index contributed by atoms with van der Waals surface area (Å²) in [6.45, 7) is 6.26. The van der Waals surface area contributed by atoms with E-state index in [4.69, 9.17) is 11.6 Å². The Morgan fingerprint density at radius 2 is 1.63 bits per heavy atom. The topological polar surface area (TPSA) is 86.8 Å². The van der Waals surface area contributed by atoms with Crippen LogP contribution in [0, 0.1) is 0 Å². The first-order valence-electron chi connectivity index (χ1n) is 11.9. The average Bonchev–Trinajstić information content (AvgIpc) is 2.82. The Morgan fingerprint density at radius 3 is 2.17 bits per heavy atom. The van der Waals surface area contributed by atoms with Crippen molar-refractivity contribution in [1.82, 2.24) is 10.2 Å². The van der Waals surface area contributed by atoms with Crippen LogP contribution >= 0.6 is 11.6 Å². The molecule has 0 heterocycles. The first kappa shape index (κ1) is 28.7. The van der Waals surface area contributed by atoms with Crippen LogP contribution in [0.1, 0.15) is 52.0 Å². The minimum Gasteiger partial charge on any atom is -0.352 e. The van der Waals surface area contributed by atoms with Crippen LogP contribution in [0.25, 0.3) is 0 Å². The predicted molar refractivity (Wildman–Crippen MR) is 142 cm³/mol. The van der Waals surface area contributed by atoms with Gasteiger partial charge in [-0.2, -0.15) is 0 Å². The van der Waals surface area contributed by atoms with Crippen LogP contribution in [0.3, 0.4) is 0 Å². The van der Waals surface area contributed by atoms with Gasteiger partial charge in [0.05, 0.1) is 11.9 Å². The van der Waals surface area contributed by atoms with Crippen LogP contribution in [0.5, 0.6) is 0 Å². The minimum atomic E-state index is -3.55. The lowest BCUT2D eigenvalue weighted by Crippen LogP contribution is -2.50. The van der Waals surface area contributed by atoms with E-state index in [-0.39, 0.29) is 30.8 Å². The fourth-order valence-electron chi connectivity index (χ4n) is 3.75. The number of carbonyl (C=O) groups is 2. The molecule has 0 unspecified atom stereocenters. The highest BCUT2D eigenvalue weighted by Gasteiger charge is 2.29. The molecule has 2 atom stereocenters. The number of rotatable bonds is 13. The third-order valence-electron chi connectivity index (χ3n) is 5.85. The fraction of sp³-hybridized carbons (Fsp3) is 0.462. The van der Waals surface area contributed by atoms with E-state index in [1.807, 2.05) is 51.1 Å². The molecule has 2 aromatic rings. The first-order valence-corrected chi connectivity index (χ1v) is 14.2. The maximum absolute atomic E-state index is 13.4. The molecule has 2 amide bonds.